The summed E-state index contributed by atoms with van der Waals surface area (Å²) in [4.78, 5) is 11.1. The lowest BCUT2D eigenvalue weighted by Crippen LogP contribution is -2.33. The number of nitrogens with one attached hydrogen (secondary N) is 1. The Bertz CT molecular complexity index is 828. The fourth-order valence-corrected chi connectivity index (χ4v) is 2.57. The van der Waals surface area contributed by atoms with Gasteiger partial charge >= 0.3 is 12.1 Å². The van der Waals surface area contributed by atoms with Gasteiger partial charge in [0.2, 0.25) is 0 Å². The lowest BCUT2D eigenvalue weighted by atomic mass is 10.1. The summed E-state index contributed by atoms with van der Waals surface area (Å²) >= 11 is 5.90. The first kappa shape index (κ1) is 20.0. The van der Waals surface area contributed by atoms with Crippen molar-refractivity contribution in [3.63, 3.8) is 0 Å². The van der Waals surface area contributed by atoms with E-state index in [1.165, 1.54) is 0 Å². The molecule has 1 heterocycles. The molecular weight excluding hydrogens is 385 g/mol. The van der Waals surface area contributed by atoms with Gasteiger partial charge in [0, 0.05) is 12.2 Å². The number of carboxylic acid groups (broad SMARTS) is 1. The van der Waals surface area contributed by atoms with Crippen molar-refractivity contribution in [2.75, 3.05) is 5.32 Å². The average molecular weight is 398 g/mol. The highest BCUT2D eigenvalue weighted by Crippen LogP contribution is 2.36. The summed E-state index contributed by atoms with van der Waals surface area (Å²) < 4.78 is 67.6. The number of anilines is 1. The van der Waals surface area contributed by atoms with E-state index in [0.29, 0.717) is 12.1 Å². The van der Waals surface area contributed by atoms with Crippen LogP contribution < -0.4 is 5.32 Å². The largest absolute Gasteiger partial charge is 0.476 e. The van der Waals surface area contributed by atoms with Crippen LogP contribution in [0.2, 0.25) is 5.02 Å². The summed E-state index contributed by atoms with van der Waals surface area (Å²) in [5.74, 6) is -3.91. The minimum atomic E-state index is -4.61. The molecule has 11 heteroatoms. The summed E-state index contributed by atoms with van der Waals surface area (Å²) in [6.45, 7) is 2.41. The number of carboxylic acids is 1. The number of aromatic carboxylic acids is 1. The van der Waals surface area contributed by atoms with Crippen molar-refractivity contribution in [3.8, 4) is 11.3 Å². The Labute approximate surface area is 149 Å². The number of rotatable bonds is 5. The molecule has 2 N–H and O–H groups in total. The fraction of sp³-hybridized carbons (Fsp3) is 0.333. The zero-order chi connectivity index (χ0) is 19.8. The highest BCUT2D eigenvalue weighted by atomic mass is 35.5. The first-order chi connectivity index (χ1) is 12.0. The zero-order valence-electron chi connectivity index (χ0n) is 13.5. The monoisotopic (exact) mass is 397 g/mol. The van der Waals surface area contributed by atoms with Crippen molar-refractivity contribution >= 4 is 23.3 Å². The molecule has 0 aliphatic heterocycles. The zero-order valence-corrected chi connectivity index (χ0v) is 14.2. The van der Waals surface area contributed by atoms with Gasteiger partial charge in [-0.15, -0.1) is 0 Å². The van der Waals surface area contributed by atoms with Gasteiger partial charge in [-0.05, 0) is 26.0 Å². The molecule has 26 heavy (non-hydrogen) atoms. The topological polar surface area (TPSA) is 67.2 Å². The summed E-state index contributed by atoms with van der Waals surface area (Å²) in [6.07, 6.45) is -4.61. The quantitative estimate of drug-likeness (QED) is 0.726. The molecule has 2 rings (SSSR count). The molecule has 142 valence electrons. The molecule has 0 radical (unpaired) electrons. The molecule has 2 aromatic rings. The summed E-state index contributed by atoms with van der Waals surface area (Å²) in [5.41, 5.74) is -2.00. The number of nitrogens with zero attached hydrogens (tertiary/aromatic N) is 2. The first-order valence-corrected chi connectivity index (χ1v) is 7.67. The lowest BCUT2D eigenvalue weighted by molar-refractivity contribution is -0.138. The molecule has 0 spiro atoms. The number of halogens is 6. The average Bonchev–Trinajstić information content (AvgIpc) is 2.83. The van der Waals surface area contributed by atoms with Crippen LogP contribution in [0.15, 0.2) is 12.1 Å². The third kappa shape index (κ3) is 3.74. The van der Waals surface area contributed by atoms with Crippen molar-refractivity contribution in [2.45, 2.75) is 32.6 Å². The highest BCUT2D eigenvalue weighted by molar-refractivity contribution is 6.35. The maximum Gasteiger partial charge on any atom is 0.408 e. The SMILES string of the molecule is CCn1nc(C(=O)O)c(Cl)c1-c1c(F)cc(NC(C)C(F)(F)F)cc1F. The van der Waals surface area contributed by atoms with Crippen molar-refractivity contribution in [3.05, 3.63) is 34.5 Å². The first-order valence-electron chi connectivity index (χ1n) is 7.29. The Morgan fingerprint density at radius 2 is 1.88 bits per heavy atom. The maximum atomic E-state index is 14.4. The van der Waals surface area contributed by atoms with Crippen molar-refractivity contribution < 1.29 is 31.9 Å². The summed E-state index contributed by atoms with van der Waals surface area (Å²) in [5, 5.41) is 14.2. The second-order valence-electron chi connectivity index (χ2n) is 5.35. The van der Waals surface area contributed by atoms with Gasteiger partial charge in [-0.3, -0.25) is 4.68 Å². The minimum absolute atomic E-state index is 0.0618. The number of benzene rings is 1. The lowest BCUT2D eigenvalue weighted by Gasteiger charge is -2.19. The van der Waals surface area contributed by atoms with E-state index in [4.69, 9.17) is 16.7 Å². The van der Waals surface area contributed by atoms with Gasteiger partial charge in [-0.2, -0.15) is 18.3 Å². The molecule has 0 amide bonds. The summed E-state index contributed by atoms with van der Waals surface area (Å²) in [7, 11) is 0. The minimum Gasteiger partial charge on any atom is -0.476 e. The highest BCUT2D eigenvalue weighted by Gasteiger charge is 2.36. The molecule has 0 aliphatic rings. The van der Waals surface area contributed by atoms with E-state index in [2.05, 4.69) is 5.10 Å². The van der Waals surface area contributed by atoms with Gasteiger partial charge in [0.05, 0.1) is 11.3 Å². The molecule has 1 atom stereocenters. The molecule has 0 saturated carbocycles. The Morgan fingerprint density at radius 1 is 1.35 bits per heavy atom. The van der Waals surface area contributed by atoms with Crippen LogP contribution in [-0.4, -0.2) is 33.1 Å². The molecule has 0 saturated heterocycles. The Kier molecular flexibility index (Phi) is 5.45. The van der Waals surface area contributed by atoms with Gasteiger partial charge in [0.1, 0.15) is 22.7 Å². The molecule has 0 aliphatic carbocycles. The van der Waals surface area contributed by atoms with Crippen LogP contribution in [0.4, 0.5) is 27.6 Å². The number of carbonyl (C=O) groups is 1. The van der Waals surface area contributed by atoms with Gasteiger partial charge in [0.15, 0.2) is 5.69 Å². The van der Waals surface area contributed by atoms with Gasteiger partial charge in [-0.25, -0.2) is 13.6 Å². The summed E-state index contributed by atoms with van der Waals surface area (Å²) in [6, 6.07) is -0.690. The molecule has 1 aromatic heterocycles. The number of alkyl halides is 3. The third-order valence-corrected chi connectivity index (χ3v) is 3.91. The second-order valence-corrected chi connectivity index (χ2v) is 5.73. The van der Waals surface area contributed by atoms with E-state index >= 15 is 0 Å². The van der Waals surface area contributed by atoms with E-state index in [9.17, 15) is 26.7 Å². The third-order valence-electron chi connectivity index (χ3n) is 3.55. The molecular formula is C15H13ClF5N3O2. The van der Waals surface area contributed by atoms with Crippen LogP contribution in [0.5, 0.6) is 0 Å². The van der Waals surface area contributed by atoms with Gasteiger partial charge < -0.3 is 10.4 Å². The molecule has 5 nitrogen and oxygen atoms in total. The number of aromatic nitrogens is 2. The van der Waals surface area contributed by atoms with Crippen LogP contribution in [0, 0.1) is 11.6 Å². The molecule has 0 fully saturated rings. The number of aryl methyl sites for hydroxylation is 1. The van der Waals surface area contributed by atoms with E-state index < -0.39 is 51.8 Å². The van der Waals surface area contributed by atoms with Crippen LogP contribution in [0.3, 0.4) is 0 Å². The Hall–Kier alpha value is -2.36. The molecule has 0 bridgehead atoms. The van der Waals surface area contributed by atoms with E-state index in [1.54, 1.807) is 6.92 Å². The van der Waals surface area contributed by atoms with Crippen LogP contribution in [0.25, 0.3) is 11.3 Å². The van der Waals surface area contributed by atoms with E-state index in [0.717, 1.165) is 11.6 Å². The molecule has 1 aromatic carbocycles. The van der Waals surface area contributed by atoms with E-state index in [1.807, 2.05) is 5.32 Å². The predicted octanol–water partition coefficient (Wildman–Crippen LogP) is 4.56. The fourth-order valence-electron chi connectivity index (χ4n) is 2.26. The van der Waals surface area contributed by atoms with Crippen LogP contribution in [0.1, 0.15) is 24.3 Å². The predicted molar refractivity (Wildman–Crippen MR) is 84.4 cm³/mol. The van der Waals surface area contributed by atoms with Gasteiger partial charge in [-0.1, -0.05) is 11.6 Å². The number of hydrogen-bond acceptors (Lipinski definition) is 3. The Morgan fingerprint density at radius 3 is 2.31 bits per heavy atom. The van der Waals surface area contributed by atoms with Crippen LogP contribution in [-0.2, 0) is 6.54 Å². The van der Waals surface area contributed by atoms with Gasteiger partial charge in [0.25, 0.3) is 0 Å². The van der Waals surface area contributed by atoms with Crippen molar-refractivity contribution in [1.29, 1.82) is 0 Å². The van der Waals surface area contributed by atoms with Crippen molar-refractivity contribution in [1.82, 2.24) is 9.78 Å². The maximum absolute atomic E-state index is 14.4. The van der Waals surface area contributed by atoms with Crippen molar-refractivity contribution in [2.24, 2.45) is 0 Å². The number of hydrogen-bond donors (Lipinski definition) is 2. The Balaban J connectivity index is 2.55. The smallest absolute Gasteiger partial charge is 0.408 e. The standard InChI is InChI=1S/C15H13ClF5N3O2/c1-3-24-13(11(16)12(23-24)14(25)26)10-8(17)4-7(5-9(10)18)22-6(2)15(19,20)21/h4-6,22H,3H2,1-2H3,(H,25,26). The second kappa shape index (κ2) is 7.10. The normalized spacial score (nSPS) is 12.9. The molecule has 1 unspecified atom stereocenters. The van der Waals surface area contributed by atoms with Crippen LogP contribution >= 0.6 is 11.6 Å². The van der Waals surface area contributed by atoms with E-state index in [-0.39, 0.29) is 12.2 Å².